The second-order valence-corrected chi connectivity index (χ2v) is 5.02. The van der Waals surface area contributed by atoms with Gasteiger partial charge in [0.05, 0.1) is 5.02 Å². The molecule has 0 bridgehead atoms. The van der Waals surface area contributed by atoms with Crippen LogP contribution in [0.1, 0.15) is 0 Å². The highest BCUT2D eigenvalue weighted by Crippen LogP contribution is 2.31. The van der Waals surface area contributed by atoms with Crippen molar-refractivity contribution in [2.24, 2.45) is 0 Å². The number of hydrogen-bond donors (Lipinski definition) is 2. The summed E-state index contributed by atoms with van der Waals surface area (Å²) in [7, 11) is 0. The van der Waals surface area contributed by atoms with Crippen LogP contribution in [0, 0.1) is 5.82 Å². The Kier molecular flexibility index (Phi) is 4.25. The van der Waals surface area contributed by atoms with Gasteiger partial charge < -0.3 is 15.8 Å². The molecule has 0 spiro atoms. The molecule has 3 rings (SSSR count). The van der Waals surface area contributed by atoms with Crippen LogP contribution in [-0.4, -0.2) is 9.97 Å². The van der Waals surface area contributed by atoms with Gasteiger partial charge in [-0.05, 0) is 30.3 Å². The molecule has 23 heavy (non-hydrogen) atoms. The number of aromatic nitrogens is 2. The minimum atomic E-state index is -0.499. The predicted octanol–water partition coefficient (Wildman–Crippen LogP) is 4.39. The lowest BCUT2D eigenvalue weighted by Crippen LogP contribution is -2.03. The third kappa shape index (κ3) is 3.49. The van der Waals surface area contributed by atoms with Gasteiger partial charge in [-0.15, -0.1) is 0 Å². The lowest BCUT2D eigenvalue weighted by atomic mass is 10.3. The third-order valence-electron chi connectivity index (χ3n) is 2.99. The minimum absolute atomic E-state index is 0.00314. The molecule has 0 saturated carbocycles. The van der Waals surface area contributed by atoms with Crippen molar-refractivity contribution < 1.29 is 9.13 Å². The molecule has 1 heterocycles. The Morgan fingerprint density at radius 2 is 1.87 bits per heavy atom. The van der Waals surface area contributed by atoms with Crippen molar-refractivity contribution in [3.05, 3.63) is 65.7 Å². The van der Waals surface area contributed by atoms with E-state index >= 15 is 0 Å². The zero-order chi connectivity index (χ0) is 16.2. The van der Waals surface area contributed by atoms with E-state index in [0.29, 0.717) is 17.3 Å². The number of nitrogens with two attached hydrogens (primary N) is 1. The third-order valence-corrected chi connectivity index (χ3v) is 3.28. The van der Waals surface area contributed by atoms with Crippen molar-refractivity contribution in [2.45, 2.75) is 0 Å². The molecule has 7 heteroatoms. The van der Waals surface area contributed by atoms with Gasteiger partial charge >= 0.3 is 0 Å². The topological polar surface area (TPSA) is 73.1 Å². The van der Waals surface area contributed by atoms with Gasteiger partial charge in [-0.1, -0.05) is 29.8 Å². The summed E-state index contributed by atoms with van der Waals surface area (Å²) < 4.78 is 18.8. The number of para-hydroxylation sites is 1. The number of nitrogens with zero attached hydrogens (tertiary/aromatic N) is 2. The Bertz CT molecular complexity index is 830. The molecular weight excluding hydrogens is 319 g/mol. The molecule has 116 valence electrons. The van der Waals surface area contributed by atoms with Crippen molar-refractivity contribution in [1.29, 1.82) is 0 Å². The highest BCUT2D eigenvalue weighted by Gasteiger charge is 2.11. The number of anilines is 3. The Hall–Kier alpha value is -2.86. The van der Waals surface area contributed by atoms with Crippen LogP contribution in [0.4, 0.5) is 21.6 Å². The molecule has 0 aliphatic carbocycles. The molecule has 0 aliphatic heterocycles. The number of ether oxygens (including phenoxy) is 1. The molecule has 0 radical (unpaired) electrons. The van der Waals surface area contributed by atoms with Gasteiger partial charge in [0, 0.05) is 5.69 Å². The largest absolute Gasteiger partial charge is 0.437 e. The van der Waals surface area contributed by atoms with Gasteiger partial charge in [0.25, 0.3) is 0 Å². The minimum Gasteiger partial charge on any atom is -0.437 e. The lowest BCUT2D eigenvalue weighted by molar-refractivity contribution is 0.464. The van der Waals surface area contributed by atoms with E-state index in [2.05, 4.69) is 15.3 Å². The molecule has 0 fully saturated rings. The Labute approximate surface area is 136 Å². The summed E-state index contributed by atoms with van der Waals surface area (Å²) in [5.74, 6) is 0.671. The molecule has 1 aromatic heterocycles. The maximum absolute atomic E-state index is 13.2. The lowest BCUT2D eigenvalue weighted by Gasteiger charge is -2.12. The summed E-state index contributed by atoms with van der Waals surface area (Å²) in [6.07, 6.45) is 1.32. The molecule has 5 nitrogen and oxygen atoms in total. The van der Waals surface area contributed by atoms with Crippen molar-refractivity contribution in [1.82, 2.24) is 9.97 Å². The van der Waals surface area contributed by atoms with Crippen LogP contribution in [0.25, 0.3) is 0 Å². The molecule has 3 aromatic rings. The van der Waals surface area contributed by atoms with E-state index < -0.39 is 5.82 Å². The van der Waals surface area contributed by atoms with Gasteiger partial charge in [0.2, 0.25) is 5.88 Å². The van der Waals surface area contributed by atoms with Crippen LogP contribution in [0.3, 0.4) is 0 Å². The van der Waals surface area contributed by atoms with Crippen LogP contribution < -0.4 is 15.8 Å². The van der Waals surface area contributed by atoms with E-state index in [4.69, 9.17) is 22.1 Å². The zero-order valence-corrected chi connectivity index (χ0v) is 12.6. The highest BCUT2D eigenvalue weighted by atomic mass is 35.5. The van der Waals surface area contributed by atoms with Crippen LogP contribution in [0.15, 0.2) is 54.9 Å². The van der Waals surface area contributed by atoms with E-state index in [9.17, 15) is 4.39 Å². The van der Waals surface area contributed by atoms with E-state index in [-0.39, 0.29) is 16.6 Å². The molecule has 2 aromatic carbocycles. The van der Waals surface area contributed by atoms with Gasteiger partial charge in [-0.2, -0.15) is 4.98 Å². The molecule has 0 saturated heterocycles. The summed E-state index contributed by atoms with van der Waals surface area (Å²) >= 11 is 5.75. The molecular formula is C16H12ClFN4O. The molecule has 3 N–H and O–H groups in total. The van der Waals surface area contributed by atoms with Gasteiger partial charge in [0.15, 0.2) is 5.82 Å². The molecule has 0 atom stereocenters. The first-order valence-electron chi connectivity index (χ1n) is 6.69. The summed E-state index contributed by atoms with van der Waals surface area (Å²) in [5.41, 5.74) is 6.81. The first-order valence-corrected chi connectivity index (χ1v) is 7.07. The number of benzene rings is 2. The fourth-order valence-electron chi connectivity index (χ4n) is 1.87. The van der Waals surface area contributed by atoms with Crippen molar-refractivity contribution in [3.8, 4) is 11.6 Å². The first kappa shape index (κ1) is 15.1. The molecule has 0 unspecified atom stereocenters. The van der Waals surface area contributed by atoms with Gasteiger partial charge in [0.1, 0.15) is 23.6 Å². The van der Waals surface area contributed by atoms with Crippen molar-refractivity contribution in [3.63, 3.8) is 0 Å². The monoisotopic (exact) mass is 330 g/mol. The average molecular weight is 331 g/mol. The maximum Gasteiger partial charge on any atom is 0.248 e. The number of hydrogen-bond acceptors (Lipinski definition) is 5. The summed E-state index contributed by atoms with van der Waals surface area (Å²) in [5, 5.41) is 2.96. The van der Waals surface area contributed by atoms with E-state index in [1.165, 1.54) is 24.5 Å². The van der Waals surface area contributed by atoms with Crippen LogP contribution in [-0.2, 0) is 0 Å². The van der Waals surface area contributed by atoms with E-state index in [1.54, 1.807) is 12.1 Å². The van der Waals surface area contributed by atoms with Gasteiger partial charge in [-0.25, -0.2) is 9.37 Å². The standard InChI is InChI=1S/C16H12ClFN4O/c17-12-8-10(6-7-13(12)18)22-15-14(19)16(21-9-20-15)23-11-4-2-1-3-5-11/h1-9H,19H2,(H,20,21,22). The first-order chi connectivity index (χ1) is 11.1. The summed E-state index contributed by atoms with van der Waals surface area (Å²) in [4.78, 5) is 8.09. The number of nitrogens with one attached hydrogen (secondary N) is 1. The number of halogens is 2. The number of nitrogen functional groups attached to an aromatic ring is 1. The fraction of sp³-hybridized carbons (Fsp3) is 0. The molecule has 0 aliphatic rings. The smallest absolute Gasteiger partial charge is 0.248 e. The highest BCUT2D eigenvalue weighted by molar-refractivity contribution is 6.31. The van der Waals surface area contributed by atoms with E-state index in [0.717, 1.165) is 0 Å². The second-order valence-electron chi connectivity index (χ2n) is 4.61. The molecule has 0 amide bonds. The summed E-state index contributed by atoms with van der Waals surface area (Å²) in [6.45, 7) is 0. The van der Waals surface area contributed by atoms with E-state index in [1.807, 2.05) is 18.2 Å². The zero-order valence-electron chi connectivity index (χ0n) is 11.8. The SMILES string of the molecule is Nc1c(Nc2ccc(F)c(Cl)c2)ncnc1Oc1ccccc1. The Balaban J connectivity index is 1.86. The number of rotatable bonds is 4. The quantitative estimate of drug-likeness (QED) is 0.742. The Morgan fingerprint density at radius 3 is 2.61 bits per heavy atom. The van der Waals surface area contributed by atoms with Crippen molar-refractivity contribution >= 4 is 28.8 Å². The normalized spacial score (nSPS) is 10.3. The van der Waals surface area contributed by atoms with Crippen molar-refractivity contribution in [2.75, 3.05) is 11.1 Å². The van der Waals surface area contributed by atoms with Crippen LogP contribution in [0.2, 0.25) is 5.02 Å². The van der Waals surface area contributed by atoms with Gasteiger partial charge in [-0.3, -0.25) is 0 Å². The van der Waals surface area contributed by atoms with Crippen LogP contribution >= 0.6 is 11.6 Å². The average Bonchev–Trinajstić information content (AvgIpc) is 2.56. The van der Waals surface area contributed by atoms with Crippen LogP contribution in [0.5, 0.6) is 11.6 Å². The maximum atomic E-state index is 13.2. The predicted molar refractivity (Wildman–Crippen MR) is 87.7 cm³/mol. The fourth-order valence-corrected chi connectivity index (χ4v) is 2.05. The summed E-state index contributed by atoms with van der Waals surface area (Å²) in [6, 6.07) is 13.4. The Morgan fingerprint density at radius 1 is 1.09 bits per heavy atom. The second kappa shape index (κ2) is 6.50.